The van der Waals surface area contributed by atoms with Crippen LogP contribution in [-0.2, 0) is 19.1 Å². The number of carbonyl (C=O) groups excluding carboxylic acids is 2. The highest BCUT2D eigenvalue weighted by atomic mass is 16.5. The summed E-state index contributed by atoms with van der Waals surface area (Å²) in [7, 11) is 0. The van der Waals surface area contributed by atoms with Gasteiger partial charge in [-0.05, 0) is 38.2 Å². The van der Waals surface area contributed by atoms with Crippen molar-refractivity contribution in [3.63, 3.8) is 0 Å². The molecule has 182 valence electrons. The van der Waals surface area contributed by atoms with Crippen LogP contribution in [0.2, 0.25) is 0 Å². The predicted octanol–water partition coefficient (Wildman–Crippen LogP) is 4.93. The van der Waals surface area contributed by atoms with E-state index in [4.69, 9.17) is 18.3 Å². The Hall–Kier alpha value is -3.23. The lowest BCUT2D eigenvalue weighted by molar-refractivity contribution is -0.143. The van der Waals surface area contributed by atoms with Crippen molar-refractivity contribution >= 4 is 23.7 Å². The largest absolute Gasteiger partial charge is 0.473 e. The molecule has 2 atom stereocenters. The van der Waals surface area contributed by atoms with Gasteiger partial charge in [0.2, 0.25) is 17.7 Å². The van der Waals surface area contributed by atoms with E-state index in [0.717, 1.165) is 44.2 Å². The third-order valence-electron chi connectivity index (χ3n) is 5.88. The van der Waals surface area contributed by atoms with Gasteiger partial charge in [-0.3, -0.25) is 9.59 Å². The molecule has 2 aliphatic rings. The summed E-state index contributed by atoms with van der Waals surface area (Å²) in [5.41, 5.74) is 1.25. The zero-order valence-corrected chi connectivity index (χ0v) is 19.5. The molecule has 2 aromatic heterocycles. The van der Waals surface area contributed by atoms with Gasteiger partial charge in [-0.25, -0.2) is 15.0 Å². The highest BCUT2D eigenvalue weighted by Gasteiger charge is 2.28. The standard InChI is InChI=1S/C25H31N3O6/c1-17-13-18(29)9-5-4-7-11-23(30)31-12-8-3-2-6-10-22-26-20(15-32-22)24-28-21(16-34-24)25-27-19(17)14-33-25/h6,10,14-15,17,21H,2-5,7-9,11-13,16H2,1H3/b10-6+. The van der Waals surface area contributed by atoms with Crippen molar-refractivity contribution in [3.05, 3.63) is 41.8 Å². The topological polar surface area (TPSA) is 117 Å². The van der Waals surface area contributed by atoms with Gasteiger partial charge in [0.1, 0.15) is 24.9 Å². The number of hydrogen-bond acceptors (Lipinski definition) is 9. The molecule has 4 rings (SSSR count). The number of nitrogens with zero attached hydrogens (tertiary/aromatic N) is 3. The van der Waals surface area contributed by atoms with Crippen molar-refractivity contribution in [3.8, 4) is 0 Å². The minimum Gasteiger partial charge on any atom is -0.473 e. The summed E-state index contributed by atoms with van der Waals surface area (Å²) in [5.74, 6) is 1.29. The van der Waals surface area contributed by atoms with Gasteiger partial charge in [-0.15, -0.1) is 0 Å². The molecule has 9 heteroatoms. The molecule has 2 unspecified atom stereocenters. The molecule has 0 spiro atoms. The summed E-state index contributed by atoms with van der Waals surface area (Å²) in [6.45, 7) is 2.70. The van der Waals surface area contributed by atoms with Crippen molar-refractivity contribution in [2.75, 3.05) is 13.2 Å². The van der Waals surface area contributed by atoms with E-state index < -0.39 is 0 Å². The zero-order chi connectivity index (χ0) is 23.8. The number of oxazole rings is 2. The maximum Gasteiger partial charge on any atom is 0.305 e. The van der Waals surface area contributed by atoms with E-state index in [1.807, 2.05) is 19.1 Å². The quantitative estimate of drug-likeness (QED) is 0.498. The molecule has 0 aromatic carbocycles. The van der Waals surface area contributed by atoms with Crippen molar-refractivity contribution in [2.24, 2.45) is 4.99 Å². The summed E-state index contributed by atoms with van der Waals surface area (Å²) in [6.07, 6.45) is 13.1. The highest BCUT2D eigenvalue weighted by molar-refractivity contribution is 5.93. The Morgan fingerprint density at radius 3 is 2.74 bits per heavy atom. The first-order chi connectivity index (χ1) is 16.6. The fraction of sp³-hybridized carbons (Fsp3) is 0.560. The Kier molecular flexibility index (Phi) is 8.27. The third-order valence-corrected chi connectivity index (χ3v) is 5.88. The summed E-state index contributed by atoms with van der Waals surface area (Å²) in [4.78, 5) is 37.8. The number of ketones is 1. The molecule has 0 radical (unpaired) electrons. The van der Waals surface area contributed by atoms with Crippen LogP contribution in [0.25, 0.3) is 6.08 Å². The van der Waals surface area contributed by atoms with Gasteiger partial charge < -0.3 is 18.3 Å². The van der Waals surface area contributed by atoms with Crippen LogP contribution < -0.4 is 0 Å². The van der Waals surface area contributed by atoms with Crippen molar-refractivity contribution in [1.82, 2.24) is 9.97 Å². The fourth-order valence-corrected chi connectivity index (χ4v) is 3.91. The second kappa shape index (κ2) is 11.8. The maximum absolute atomic E-state index is 12.4. The Labute approximate surface area is 198 Å². The molecule has 6 bridgehead atoms. The number of aliphatic imine (C=N–C) groups is 1. The maximum atomic E-state index is 12.4. The van der Waals surface area contributed by atoms with E-state index in [1.165, 1.54) is 6.26 Å². The molecule has 0 saturated carbocycles. The van der Waals surface area contributed by atoms with Crippen LogP contribution in [-0.4, -0.2) is 40.8 Å². The van der Waals surface area contributed by atoms with Crippen LogP contribution >= 0.6 is 0 Å². The van der Waals surface area contributed by atoms with E-state index in [0.29, 0.717) is 55.8 Å². The van der Waals surface area contributed by atoms with Gasteiger partial charge in [0.15, 0.2) is 11.7 Å². The van der Waals surface area contributed by atoms with E-state index in [9.17, 15) is 9.59 Å². The lowest BCUT2D eigenvalue weighted by atomic mass is 9.98. The summed E-state index contributed by atoms with van der Waals surface area (Å²) in [5, 5.41) is 0. The molecule has 0 N–H and O–H groups in total. The lowest BCUT2D eigenvalue weighted by Crippen LogP contribution is -2.07. The molecule has 2 aromatic rings. The number of allylic oxidation sites excluding steroid dienone is 1. The number of esters is 1. The Bertz CT molecular complexity index is 1040. The van der Waals surface area contributed by atoms with Crippen molar-refractivity contribution in [2.45, 2.75) is 76.7 Å². The molecule has 0 aliphatic carbocycles. The molecular weight excluding hydrogens is 438 g/mol. The number of hydrogen-bond donors (Lipinski definition) is 0. The monoisotopic (exact) mass is 469 g/mol. The molecule has 34 heavy (non-hydrogen) atoms. The zero-order valence-electron chi connectivity index (χ0n) is 19.5. The molecule has 0 saturated heterocycles. The normalized spacial score (nSPS) is 24.3. The van der Waals surface area contributed by atoms with Crippen molar-refractivity contribution < 1.29 is 27.9 Å². The predicted molar refractivity (Wildman–Crippen MR) is 123 cm³/mol. The number of fused-ring (bicyclic) bond motifs is 7. The SMILES string of the molecule is CC1CC(=O)CCCCCC(=O)OCCCC/C=C/c2nc(co2)C2=NC(CO2)c2nc1co2. The number of cyclic esters (lactones) is 1. The van der Waals surface area contributed by atoms with Gasteiger partial charge in [-0.1, -0.05) is 19.4 Å². The average molecular weight is 470 g/mol. The molecule has 9 nitrogen and oxygen atoms in total. The van der Waals surface area contributed by atoms with Gasteiger partial charge in [-0.2, -0.15) is 0 Å². The highest BCUT2D eigenvalue weighted by Crippen LogP contribution is 2.28. The van der Waals surface area contributed by atoms with Crippen molar-refractivity contribution in [1.29, 1.82) is 0 Å². The Morgan fingerprint density at radius 1 is 0.941 bits per heavy atom. The Balaban J connectivity index is 1.43. The smallest absolute Gasteiger partial charge is 0.305 e. The third kappa shape index (κ3) is 6.65. The fourth-order valence-electron chi connectivity index (χ4n) is 3.91. The molecule has 2 aliphatic heterocycles. The molecule has 0 fully saturated rings. The lowest BCUT2D eigenvalue weighted by Gasteiger charge is -2.07. The molecule has 4 heterocycles. The van der Waals surface area contributed by atoms with Gasteiger partial charge in [0.05, 0.1) is 12.3 Å². The van der Waals surface area contributed by atoms with E-state index in [1.54, 1.807) is 6.26 Å². The summed E-state index contributed by atoms with van der Waals surface area (Å²) in [6, 6.07) is -0.359. The van der Waals surface area contributed by atoms with Crippen LogP contribution in [0.5, 0.6) is 0 Å². The summed E-state index contributed by atoms with van der Waals surface area (Å²) < 4.78 is 22.1. The van der Waals surface area contributed by atoms with Gasteiger partial charge >= 0.3 is 5.97 Å². The Morgan fingerprint density at radius 2 is 1.82 bits per heavy atom. The number of rotatable bonds is 0. The second-order valence-electron chi connectivity index (χ2n) is 8.77. The first-order valence-electron chi connectivity index (χ1n) is 12.0. The second-order valence-corrected chi connectivity index (χ2v) is 8.77. The van der Waals surface area contributed by atoms with Crippen LogP contribution in [0.3, 0.4) is 0 Å². The summed E-state index contributed by atoms with van der Waals surface area (Å²) >= 11 is 0. The first kappa shape index (κ1) is 23.9. The molecular formula is C25H31N3O6. The van der Waals surface area contributed by atoms with Crippen LogP contribution in [0, 0.1) is 0 Å². The van der Waals surface area contributed by atoms with Crippen LogP contribution in [0.4, 0.5) is 0 Å². The number of carbonyl (C=O) groups is 2. The minimum absolute atomic E-state index is 0.0508. The number of ether oxygens (including phenoxy) is 2. The number of Topliss-reactive ketones (excluding diaryl/α,β-unsaturated/α-hetero) is 1. The van der Waals surface area contributed by atoms with E-state index >= 15 is 0 Å². The molecule has 0 amide bonds. The van der Waals surface area contributed by atoms with Crippen LogP contribution in [0.15, 0.2) is 32.4 Å². The number of aromatic nitrogens is 2. The van der Waals surface area contributed by atoms with Gasteiger partial charge in [0, 0.05) is 25.2 Å². The average Bonchev–Trinajstić information content (AvgIpc) is 3.57. The van der Waals surface area contributed by atoms with Gasteiger partial charge in [0.25, 0.3) is 0 Å². The van der Waals surface area contributed by atoms with Crippen LogP contribution in [0.1, 0.15) is 99.8 Å². The first-order valence-corrected chi connectivity index (χ1v) is 12.0. The minimum atomic E-state index is -0.359. The van der Waals surface area contributed by atoms with E-state index in [-0.39, 0.29) is 23.7 Å². The van der Waals surface area contributed by atoms with E-state index in [2.05, 4.69) is 15.0 Å².